The van der Waals surface area contributed by atoms with Crippen LogP contribution in [0.15, 0.2) is 30.7 Å². The summed E-state index contributed by atoms with van der Waals surface area (Å²) >= 11 is 6.20. The maximum Gasteiger partial charge on any atom is 0.404 e. The number of rotatable bonds is 4. The fourth-order valence-electron chi connectivity index (χ4n) is 3.09. The van der Waals surface area contributed by atoms with E-state index in [2.05, 4.69) is 15.4 Å². The monoisotopic (exact) mass is 363 g/mol. The lowest BCUT2D eigenvalue weighted by Crippen LogP contribution is -2.35. The van der Waals surface area contributed by atoms with E-state index in [-0.39, 0.29) is 23.0 Å². The fraction of sp³-hybridized carbons (Fsp3) is 0.375. The van der Waals surface area contributed by atoms with Gasteiger partial charge in [0.2, 0.25) is 5.91 Å². The SMILES string of the molecule is CN(C(=O)[C@@H]1CC[C@H](NC(=O)O)C1)c1cn(-c2cccnc2)nc1Cl. The lowest BCUT2D eigenvalue weighted by molar-refractivity contribution is -0.121. The molecule has 0 radical (unpaired) electrons. The largest absolute Gasteiger partial charge is 0.465 e. The number of halogens is 1. The molecule has 2 aromatic heterocycles. The Morgan fingerprint density at radius 2 is 2.24 bits per heavy atom. The molecule has 2 amide bonds. The van der Waals surface area contributed by atoms with Crippen molar-refractivity contribution in [2.24, 2.45) is 5.92 Å². The van der Waals surface area contributed by atoms with Gasteiger partial charge in [-0.25, -0.2) is 9.48 Å². The molecule has 9 heteroatoms. The van der Waals surface area contributed by atoms with Gasteiger partial charge in [0, 0.05) is 25.2 Å². The van der Waals surface area contributed by atoms with Gasteiger partial charge in [0.05, 0.1) is 18.1 Å². The van der Waals surface area contributed by atoms with Crippen molar-refractivity contribution in [3.63, 3.8) is 0 Å². The van der Waals surface area contributed by atoms with Gasteiger partial charge in [0.1, 0.15) is 5.69 Å². The molecule has 0 spiro atoms. The zero-order valence-corrected chi connectivity index (χ0v) is 14.3. The van der Waals surface area contributed by atoms with Gasteiger partial charge in [-0.15, -0.1) is 0 Å². The molecule has 132 valence electrons. The summed E-state index contributed by atoms with van der Waals surface area (Å²) in [7, 11) is 1.65. The lowest BCUT2D eigenvalue weighted by atomic mass is 10.1. The first-order chi connectivity index (χ1) is 12.0. The molecule has 2 atom stereocenters. The Balaban J connectivity index is 1.73. The molecule has 1 aliphatic rings. The first-order valence-corrected chi connectivity index (χ1v) is 8.26. The first-order valence-electron chi connectivity index (χ1n) is 7.88. The van der Waals surface area contributed by atoms with E-state index in [1.54, 1.807) is 36.4 Å². The van der Waals surface area contributed by atoms with Crippen LogP contribution in [-0.2, 0) is 4.79 Å². The van der Waals surface area contributed by atoms with Crippen LogP contribution in [-0.4, -0.2) is 45.0 Å². The van der Waals surface area contributed by atoms with Crippen LogP contribution in [0.4, 0.5) is 10.5 Å². The first kappa shape index (κ1) is 17.2. The number of carbonyl (C=O) groups excluding carboxylic acids is 1. The Morgan fingerprint density at radius 1 is 1.44 bits per heavy atom. The molecule has 0 bridgehead atoms. The molecule has 0 aromatic carbocycles. The van der Waals surface area contributed by atoms with Crippen molar-refractivity contribution in [2.45, 2.75) is 25.3 Å². The standard InChI is InChI=1S/C16H18ClN5O3/c1-21(15(23)10-4-5-11(7-10)19-16(24)25)13-9-22(20-14(13)17)12-3-2-6-18-8-12/h2-3,6,8-11,19H,4-5,7H2,1H3,(H,24,25)/t10-,11+/m1/s1. The van der Waals surface area contributed by atoms with Crippen molar-refractivity contribution in [1.82, 2.24) is 20.1 Å². The number of nitrogens with zero attached hydrogens (tertiary/aromatic N) is 4. The minimum atomic E-state index is -1.06. The third-order valence-corrected chi connectivity index (χ3v) is 4.63. The average molecular weight is 364 g/mol. The second-order valence-corrected chi connectivity index (χ2v) is 6.37. The molecule has 1 saturated carbocycles. The van der Waals surface area contributed by atoms with Gasteiger partial charge in [0.25, 0.3) is 0 Å². The van der Waals surface area contributed by atoms with Crippen LogP contribution in [0.2, 0.25) is 5.15 Å². The Hall–Kier alpha value is -2.61. The van der Waals surface area contributed by atoms with Crippen molar-refractivity contribution >= 4 is 29.3 Å². The summed E-state index contributed by atoms with van der Waals surface area (Å²) in [5, 5.41) is 15.7. The number of pyridine rings is 1. The normalized spacial score (nSPS) is 19.6. The van der Waals surface area contributed by atoms with Crippen molar-refractivity contribution in [2.75, 3.05) is 11.9 Å². The molecule has 2 aromatic rings. The van der Waals surface area contributed by atoms with Crippen LogP contribution < -0.4 is 10.2 Å². The number of hydrogen-bond donors (Lipinski definition) is 2. The minimum absolute atomic E-state index is 0.0951. The highest BCUT2D eigenvalue weighted by atomic mass is 35.5. The highest BCUT2D eigenvalue weighted by Gasteiger charge is 2.33. The summed E-state index contributed by atoms with van der Waals surface area (Å²) in [5.74, 6) is -0.331. The van der Waals surface area contributed by atoms with E-state index < -0.39 is 6.09 Å². The number of aromatic nitrogens is 3. The Morgan fingerprint density at radius 3 is 2.92 bits per heavy atom. The predicted molar refractivity (Wildman–Crippen MR) is 92.1 cm³/mol. The highest BCUT2D eigenvalue weighted by Crippen LogP contribution is 2.31. The molecule has 3 rings (SSSR count). The van der Waals surface area contributed by atoms with E-state index in [0.717, 1.165) is 5.69 Å². The molecule has 2 N–H and O–H groups in total. The number of carboxylic acid groups (broad SMARTS) is 1. The number of hydrogen-bond acceptors (Lipinski definition) is 4. The Kier molecular flexibility index (Phi) is 4.89. The van der Waals surface area contributed by atoms with Gasteiger partial charge in [-0.05, 0) is 31.4 Å². The van der Waals surface area contributed by atoms with Gasteiger partial charge in [-0.3, -0.25) is 9.78 Å². The van der Waals surface area contributed by atoms with Crippen molar-refractivity contribution in [1.29, 1.82) is 0 Å². The van der Waals surface area contributed by atoms with Gasteiger partial charge in [-0.1, -0.05) is 11.6 Å². The maximum atomic E-state index is 12.7. The summed E-state index contributed by atoms with van der Waals surface area (Å²) in [5.41, 5.74) is 1.24. The summed E-state index contributed by atoms with van der Waals surface area (Å²) < 4.78 is 1.57. The van der Waals surface area contributed by atoms with Crippen LogP contribution in [0, 0.1) is 5.92 Å². The van der Waals surface area contributed by atoms with Crippen LogP contribution >= 0.6 is 11.6 Å². The number of nitrogens with one attached hydrogen (secondary N) is 1. The van der Waals surface area contributed by atoms with E-state index in [0.29, 0.717) is 24.9 Å². The topological polar surface area (TPSA) is 100 Å². The van der Waals surface area contributed by atoms with Gasteiger partial charge < -0.3 is 15.3 Å². The minimum Gasteiger partial charge on any atom is -0.465 e. The number of anilines is 1. The molecule has 0 unspecified atom stereocenters. The lowest BCUT2D eigenvalue weighted by Gasteiger charge is -2.20. The highest BCUT2D eigenvalue weighted by molar-refractivity contribution is 6.32. The van der Waals surface area contributed by atoms with Crippen LogP contribution in [0.5, 0.6) is 0 Å². The van der Waals surface area contributed by atoms with Crippen LogP contribution in [0.25, 0.3) is 5.69 Å². The third kappa shape index (κ3) is 3.74. The quantitative estimate of drug-likeness (QED) is 0.868. The maximum absolute atomic E-state index is 12.7. The second kappa shape index (κ2) is 7.10. The third-order valence-electron chi connectivity index (χ3n) is 4.36. The Bertz CT molecular complexity index is 779. The van der Waals surface area contributed by atoms with E-state index in [9.17, 15) is 9.59 Å². The van der Waals surface area contributed by atoms with Gasteiger partial charge in [0.15, 0.2) is 5.15 Å². The van der Waals surface area contributed by atoms with Crippen LogP contribution in [0.1, 0.15) is 19.3 Å². The number of carbonyl (C=O) groups is 2. The van der Waals surface area contributed by atoms with Crippen molar-refractivity contribution < 1.29 is 14.7 Å². The van der Waals surface area contributed by atoms with Crippen LogP contribution in [0.3, 0.4) is 0 Å². The smallest absolute Gasteiger partial charge is 0.404 e. The van der Waals surface area contributed by atoms with Crippen molar-refractivity contribution in [3.05, 3.63) is 35.9 Å². The second-order valence-electron chi connectivity index (χ2n) is 6.01. The molecular formula is C16H18ClN5O3. The molecular weight excluding hydrogens is 346 g/mol. The number of amides is 2. The van der Waals surface area contributed by atoms with Crippen molar-refractivity contribution in [3.8, 4) is 5.69 Å². The molecule has 0 saturated heterocycles. The summed E-state index contributed by atoms with van der Waals surface area (Å²) in [4.78, 5) is 29.0. The van der Waals surface area contributed by atoms with Gasteiger partial charge in [-0.2, -0.15) is 5.10 Å². The fourth-order valence-corrected chi connectivity index (χ4v) is 3.35. The molecule has 0 aliphatic heterocycles. The summed E-state index contributed by atoms with van der Waals surface area (Å²) in [6.45, 7) is 0. The summed E-state index contributed by atoms with van der Waals surface area (Å²) in [6.07, 6.45) is 5.71. The van der Waals surface area contributed by atoms with E-state index in [1.807, 2.05) is 6.07 Å². The van der Waals surface area contributed by atoms with E-state index in [1.165, 1.54) is 4.90 Å². The molecule has 25 heavy (non-hydrogen) atoms. The zero-order chi connectivity index (χ0) is 18.0. The van der Waals surface area contributed by atoms with Gasteiger partial charge >= 0.3 is 6.09 Å². The molecule has 2 heterocycles. The molecule has 1 fully saturated rings. The molecule has 1 aliphatic carbocycles. The van der Waals surface area contributed by atoms with E-state index in [4.69, 9.17) is 16.7 Å². The Labute approximate surface area is 149 Å². The summed E-state index contributed by atoms with van der Waals surface area (Å²) in [6, 6.07) is 3.43. The predicted octanol–water partition coefficient (Wildman–Crippen LogP) is 2.32. The zero-order valence-electron chi connectivity index (χ0n) is 13.6. The molecule has 8 nitrogen and oxygen atoms in total. The average Bonchev–Trinajstić information content (AvgIpc) is 3.20. The van der Waals surface area contributed by atoms with E-state index >= 15 is 0 Å².